The lowest BCUT2D eigenvalue weighted by Crippen LogP contribution is -2.17. The van der Waals surface area contributed by atoms with E-state index in [1.165, 1.54) is 0 Å². The van der Waals surface area contributed by atoms with Gasteiger partial charge in [0.2, 0.25) is 0 Å². The summed E-state index contributed by atoms with van der Waals surface area (Å²) in [7, 11) is 5.22. The largest absolute Gasteiger partial charge is 0.497 e. The molecule has 0 aromatic heterocycles. The van der Waals surface area contributed by atoms with Gasteiger partial charge in [-0.1, -0.05) is 6.07 Å². The Bertz CT molecular complexity index is 331. The number of ether oxygens (including phenoxy) is 2. The summed E-state index contributed by atoms with van der Waals surface area (Å²) in [6.45, 7) is 0. The van der Waals surface area contributed by atoms with Crippen LogP contribution in [0.4, 0.5) is 0 Å². The van der Waals surface area contributed by atoms with Crippen LogP contribution in [-0.2, 0) is 0 Å². The lowest BCUT2D eigenvalue weighted by molar-refractivity contribution is 0.385. The first kappa shape index (κ1) is 13.1. The molecule has 0 fully saturated rings. The zero-order chi connectivity index (χ0) is 12.0. The summed E-state index contributed by atoms with van der Waals surface area (Å²) in [5.41, 5.74) is 1.10. The number of alkyl halides is 1. The van der Waals surface area contributed by atoms with Gasteiger partial charge < -0.3 is 14.8 Å². The molecule has 0 aliphatic heterocycles. The van der Waals surface area contributed by atoms with Crippen LogP contribution in [0.3, 0.4) is 0 Å². The molecule has 3 nitrogen and oxygen atoms in total. The van der Waals surface area contributed by atoms with Crippen LogP contribution < -0.4 is 14.8 Å². The van der Waals surface area contributed by atoms with Gasteiger partial charge in [0, 0.05) is 23.6 Å². The summed E-state index contributed by atoms with van der Waals surface area (Å²) in [5.74, 6) is 2.23. The van der Waals surface area contributed by atoms with Crippen LogP contribution in [0.1, 0.15) is 18.0 Å². The van der Waals surface area contributed by atoms with E-state index in [4.69, 9.17) is 21.1 Å². The monoisotopic (exact) mass is 243 g/mol. The van der Waals surface area contributed by atoms with Gasteiger partial charge in [-0.2, -0.15) is 0 Å². The average molecular weight is 244 g/mol. The molecule has 0 heterocycles. The Morgan fingerprint density at radius 3 is 2.56 bits per heavy atom. The summed E-state index contributed by atoms with van der Waals surface area (Å²) in [6.07, 6.45) is 0.862. The Labute approximate surface area is 102 Å². The zero-order valence-corrected chi connectivity index (χ0v) is 10.7. The molecule has 1 aromatic rings. The highest BCUT2D eigenvalue weighted by molar-refractivity contribution is 6.17. The molecule has 0 bridgehead atoms. The van der Waals surface area contributed by atoms with E-state index in [1.54, 1.807) is 14.2 Å². The fraction of sp³-hybridized carbons (Fsp3) is 0.500. The second kappa shape index (κ2) is 6.61. The molecule has 0 aliphatic carbocycles. The molecule has 1 N–H and O–H groups in total. The number of benzene rings is 1. The number of hydrogen-bond acceptors (Lipinski definition) is 3. The predicted octanol–water partition coefficient (Wildman–Crippen LogP) is 2.59. The molecule has 16 heavy (non-hydrogen) atoms. The second-order valence-corrected chi connectivity index (χ2v) is 3.80. The standard InChI is InChI=1S/C12H18ClNO2/c1-14-11(6-7-13)10-5-4-9(15-2)8-12(10)16-3/h4-5,8,11,14H,6-7H2,1-3H3. The van der Waals surface area contributed by atoms with Gasteiger partial charge in [0.05, 0.1) is 14.2 Å². The molecule has 0 saturated heterocycles. The third-order valence-electron chi connectivity index (χ3n) is 2.56. The summed E-state index contributed by atoms with van der Waals surface area (Å²) in [6, 6.07) is 6.02. The quantitative estimate of drug-likeness (QED) is 0.779. The molecule has 1 rings (SSSR count). The molecular weight excluding hydrogens is 226 g/mol. The highest BCUT2D eigenvalue weighted by Gasteiger charge is 2.14. The Kier molecular flexibility index (Phi) is 5.43. The normalized spacial score (nSPS) is 12.2. The summed E-state index contributed by atoms with van der Waals surface area (Å²) < 4.78 is 10.5. The summed E-state index contributed by atoms with van der Waals surface area (Å²) >= 11 is 5.77. The number of nitrogens with one attached hydrogen (secondary N) is 1. The Morgan fingerprint density at radius 2 is 2.06 bits per heavy atom. The van der Waals surface area contributed by atoms with Crippen LogP contribution in [0.2, 0.25) is 0 Å². The molecule has 0 radical (unpaired) electrons. The van der Waals surface area contributed by atoms with Crippen molar-refractivity contribution in [1.29, 1.82) is 0 Å². The van der Waals surface area contributed by atoms with E-state index < -0.39 is 0 Å². The number of rotatable bonds is 6. The van der Waals surface area contributed by atoms with E-state index >= 15 is 0 Å². The molecule has 90 valence electrons. The van der Waals surface area contributed by atoms with E-state index in [0.29, 0.717) is 5.88 Å². The van der Waals surface area contributed by atoms with E-state index in [0.717, 1.165) is 23.5 Å². The maximum absolute atomic E-state index is 5.77. The van der Waals surface area contributed by atoms with Crippen LogP contribution in [0.5, 0.6) is 11.5 Å². The van der Waals surface area contributed by atoms with Crippen molar-refractivity contribution in [2.75, 3.05) is 27.1 Å². The maximum Gasteiger partial charge on any atom is 0.127 e. The third kappa shape index (κ3) is 3.03. The maximum atomic E-state index is 5.77. The van der Waals surface area contributed by atoms with Crippen molar-refractivity contribution in [1.82, 2.24) is 5.32 Å². The molecular formula is C12H18ClNO2. The highest BCUT2D eigenvalue weighted by atomic mass is 35.5. The molecule has 0 spiro atoms. The summed E-state index contributed by atoms with van der Waals surface area (Å²) in [4.78, 5) is 0. The molecule has 0 amide bonds. The lowest BCUT2D eigenvalue weighted by atomic mass is 10.0. The first-order valence-corrected chi connectivity index (χ1v) is 5.75. The van der Waals surface area contributed by atoms with E-state index in [-0.39, 0.29) is 6.04 Å². The van der Waals surface area contributed by atoms with E-state index in [2.05, 4.69) is 5.32 Å². The molecule has 4 heteroatoms. The predicted molar refractivity (Wildman–Crippen MR) is 66.7 cm³/mol. The van der Waals surface area contributed by atoms with Crippen molar-refractivity contribution >= 4 is 11.6 Å². The van der Waals surface area contributed by atoms with Gasteiger partial charge in [0.25, 0.3) is 0 Å². The summed E-state index contributed by atoms with van der Waals surface area (Å²) in [5, 5.41) is 3.23. The lowest BCUT2D eigenvalue weighted by Gasteiger charge is -2.18. The van der Waals surface area contributed by atoms with Crippen LogP contribution in [0, 0.1) is 0 Å². The van der Waals surface area contributed by atoms with Crippen molar-refractivity contribution in [3.8, 4) is 11.5 Å². The smallest absolute Gasteiger partial charge is 0.127 e. The fourth-order valence-corrected chi connectivity index (χ4v) is 1.89. The first-order chi connectivity index (χ1) is 7.76. The SMILES string of the molecule is CNC(CCCl)c1ccc(OC)cc1OC. The Balaban J connectivity index is 3.01. The van der Waals surface area contributed by atoms with Gasteiger partial charge in [0.1, 0.15) is 11.5 Å². The van der Waals surface area contributed by atoms with Crippen LogP contribution >= 0.6 is 11.6 Å². The van der Waals surface area contributed by atoms with E-state index in [9.17, 15) is 0 Å². The van der Waals surface area contributed by atoms with Crippen LogP contribution in [0.25, 0.3) is 0 Å². The minimum Gasteiger partial charge on any atom is -0.497 e. The zero-order valence-electron chi connectivity index (χ0n) is 9.92. The molecule has 1 unspecified atom stereocenters. The number of methoxy groups -OCH3 is 2. The van der Waals surface area contributed by atoms with Gasteiger partial charge in [-0.3, -0.25) is 0 Å². The van der Waals surface area contributed by atoms with E-state index in [1.807, 2.05) is 25.2 Å². The highest BCUT2D eigenvalue weighted by Crippen LogP contribution is 2.30. The van der Waals surface area contributed by atoms with Crippen molar-refractivity contribution in [2.24, 2.45) is 0 Å². The molecule has 0 saturated carbocycles. The third-order valence-corrected chi connectivity index (χ3v) is 2.78. The van der Waals surface area contributed by atoms with Gasteiger partial charge in [-0.25, -0.2) is 0 Å². The fourth-order valence-electron chi connectivity index (χ4n) is 1.67. The first-order valence-electron chi connectivity index (χ1n) is 5.22. The van der Waals surface area contributed by atoms with Gasteiger partial charge in [0.15, 0.2) is 0 Å². The Hall–Kier alpha value is -0.930. The van der Waals surface area contributed by atoms with Crippen LogP contribution in [0.15, 0.2) is 18.2 Å². The Morgan fingerprint density at radius 1 is 1.31 bits per heavy atom. The minimum atomic E-state index is 0.207. The molecule has 1 aromatic carbocycles. The number of halogens is 1. The number of hydrogen-bond donors (Lipinski definition) is 1. The van der Waals surface area contributed by atoms with Crippen molar-refractivity contribution in [2.45, 2.75) is 12.5 Å². The topological polar surface area (TPSA) is 30.5 Å². The second-order valence-electron chi connectivity index (χ2n) is 3.43. The average Bonchev–Trinajstić information content (AvgIpc) is 2.35. The van der Waals surface area contributed by atoms with Gasteiger partial charge in [-0.05, 0) is 19.5 Å². The van der Waals surface area contributed by atoms with Crippen molar-refractivity contribution in [3.63, 3.8) is 0 Å². The van der Waals surface area contributed by atoms with Crippen molar-refractivity contribution < 1.29 is 9.47 Å². The molecule has 1 atom stereocenters. The van der Waals surface area contributed by atoms with Crippen LogP contribution in [-0.4, -0.2) is 27.1 Å². The van der Waals surface area contributed by atoms with Gasteiger partial charge in [-0.15, -0.1) is 11.6 Å². The minimum absolute atomic E-state index is 0.207. The van der Waals surface area contributed by atoms with Gasteiger partial charge >= 0.3 is 0 Å². The van der Waals surface area contributed by atoms with Crippen molar-refractivity contribution in [3.05, 3.63) is 23.8 Å². The molecule has 0 aliphatic rings.